The first-order chi connectivity index (χ1) is 14.4. The molecule has 5 rings (SSSR count). The number of aromatic nitrogens is 1. The summed E-state index contributed by atoms with van der Waals surface area (Å²) in [5, 5.41) is 3.59. The van der Waals surface area contributed by atoms with Crippen LogP contribution >= 0.6 is 11.6 Å². The summed E-state index contributed by atoms with van der Waals surface area (Å²) >= 11 is 6.02. The summed E-state index contributed by atoms with van der Waals surface area (Å²) in [6.07, 6.45) is 4.89. The number of rotatable bonds is 5. The molecule has 2 fully saturated rings. The van der Waals surface area contributed by atoms with Crippen LogP contribution in [-0.4, -0.2) is 26.4 Å². The Kier molecular flexibility index (Phi) is 4.86. The Hall–Kier alpha value is -2.32. The number of amides is 1. The van der Waals surface area contributed by atoms with Gasteiger partial charge in [-0.25, -0.2) is 14.0 Å². The summed E-state index contributed by atoms with van der Waals surface area (Å²) in [5.41, 5.74) is 1.49. The van der Waals surface area contributed by atoms with Gasteiger partial charge in [-0.15, -0.1) is 0 Å². The molecule has 158 valence electrons. The normalized spacial score (nSPS) is 23.9. The van der Waals surface area contributed by atoms with E-state index in [1.54, 1.807) is 12.1 Å². The molecular weight excluding hydrogens is 426 g/mol. The largest absolute Gasteiger partial charge is 0.441 e. The maximum Gasteiger partial charge on any atom is 0.287 e. The van der Waals surface area contributed by atoms with E-state index in [1.165, 1.54) is 12.1 Å². The van der Waals surface area contributed by atoms with E-state index in [4.69, 9.17) is 25.2 Å². The molecule has 7 nitrogen and oxygen atoms in total. The van der Waals surface area contributed by atoms with Crippen molar-refractivity contribution in [3.63, 3.8) is 0 Å². The predicted molar refractivity (Wildman–Crippen MR) is 112 cm³/mol. The zero-order valence-corrected chi connectivity index (χ0v) is 17.8. The van der Waals surface area contributed by atoms with Crippen LogP contribution in [0.3, 0.4) is 0 Å². The Morgan fingerprint density at radius 1 is 1.10 bits per heavy atom. The lowest BCUT2D eigenvalue weighted by atomic mass is 9.86. The van der Waals surface area contributed by atoms with Gasteiger partial charge in [-0.05, 0) is 68.9 Å². The average Bonchev–Trinajstić information content (AvgIpc) is 3.32. The molecule has 0 saturated heterocycles. The second-order valence-corrected chi connectivity index (χ2v) is 10.8. The molecule has 0 bridgehead atoms. The first kappa shape index (κ1) is 19.6. The van der Waals surface area contributed by atoms with E-state index in [2.05, 4.69) is 10.3 Å². The number of furan rings is 1. The summed E-state index contributed by atoms with van der Waals surface area (Å²) in [5.74, 6) is 0.722. The van der Waals surface area contributed by atoms with Crippen LogP contribution in [0.2, 0.25) is 5.02 Å². The highest BCUT2D eigenvalue weighted by Gasteiger charge is 2.36. The number of benzene rings is 1. The van der Waals surface area contributed by atoms with Gasteiger partial charge in [-0.2, -0.15) is 0 Å². The van der Waals surface area contributed by atoms with Gasteiger partial charge in [0.25, 0.3) is 5.91 Å². The van der Waals surface area contributed by atoms with Crippen LogP contribution in [0, 0.1) is 4.78 Å². The first-order valence-corrected chi connectivity index (χ1v) is 12.1. The highest BCUT2D eigenvalue weighted by molar-refractivity contribution is 7.93. The first-order valence-electron chi connectivity index (χ1n) is 10.1. The molecule has 0 spiro atoms. The Labute approximate surface area is 179 Å². The van der Waals surface area contributed by atoms with Crippen molar-refractivity contribution >= 4 is 38.3 Å². The third-order valence-corrected chi connectivity index (χ3v) is 8.34. The van der Waals surface area contributed by atoms with Crippen LogP contribution in [0.5, 0.6) is 0 Å². The maximum atomic E-state index is 12.5. The van der Waals surface area contributed by atoms with E-state index in [0.717, 1.165) is 55.5 Å². The summed E-state index contributed by atoms with van der Waals surface area (Å²) in [4.78, 5) is 17.1. The number of oxazole rings is 1. The van der Waals surface area contributed by atoms with E-state index in [0.29, 0.717) is 5.02 Å². The van der Waals surface area contributed by atoms with Gasteiger partial charge in [0.05, 0.1) is 5.25 Å². The lowest BCUT2D eigenvalue weighted by Crippen LogP contribution is -2.37. The minimum Gasteiger partial charge on any atom is -0.441 e. The standard InChI is InChI=1S/C21H22ClN3O4S/c22-13-3-8-17-16(11-13)25-21(29-17)12-1-4-14(5-2-12)24-20(26)18-9-10-19(28-18)30(23,27)15-6-7-15/h3,8-12,14-15,23H,1-2,4-7H2,(H,24,26)/t12?,14?,30-/m0/s1. The Morgan fingerprint density at radius 3 is 2.60 bits per heavy atom. The van der Waals surface area contributed by atoms with Crippen LogP contribution in [0.1, 0.15) is 60.9 Å². The van der Waals surface area contributed by atoms with Crippen molar-refractivity contribution in [3.8, 4) is 0 Å². The molecule has 2 saturated carbocycles. The molecule has 30 heavy (non-hydrogen) atoms. The smallest absolute Gasteiger partial charge is 0.287 e. The molecule has 2 aliphatic rings. The number of hydrogen-bond acceptors (Lipinski definition) is 6. The number of carbonyl (C=O) groups excluding carboxylic acids is 1. The Balaban J connectivity index is 1.20. The van der Waals surface area contributed by atoms with E-state index in [-0.39, 0.29) is 34.0 Å². The second kappa shape index (κ2) is 7.42. The van der Waals surface area contributed by atoms with Crippen molar-refractivity contribution in [3.05, 3.63) is 47.0 Å². The molecule has 1 aromatic carbocycles. The van der Waals surface area contributed by atoms with Crippen molar-refractivity contribution in [2.24, 2.45) is 0 Å². The average molecular weight is 448 g/mol. The number of nitrogens with one attached hydrogen (secondary N) is 2. The lowest BCUT2D eigenvalue weighted by Gasteiger charge is -2.27. The van der Waals surface area contributed by atoms with Gasteiger partial charge < -0.3 is 14.2 Å². The number of halogens is 1. The van der Waals surface area contributed by atoms with Crippen LogP contribution < -0.4 is 5.32 Å². The highest BCUT2D eigenvalue weighted by Crippen LogP contribution is 2.36. The van der Waals surface area contributed by atoms with Crippen molar-refractivity contribution < 1.29 is 17.8 Å². The fourth-order valence-corrected chi connectivity index (χ4v) is 5.78. The molecular formula is C21H22ClN3O4S. The van der Waals surface area contributed by atoms with Crippen LogP contribution in [0.25, 0.3) is 11.1 Å². The molecule has 1 atom stereocenters. The van der Waals surface area contributed by atoms with Gasteiger partial charge in [0.1, 0.15) is 15.2 Å². The molecule has 2 aliphatic carbocycles. The topological polar surface area (TPSA) is 109 Å². The zero-order chi connectivity index (χ0) is 20.9. The summed E-state index contributed by atoms with van der Waals surface area (Å²) in [6, 6.07) is 8.46. The monoisotopic (exact) mass is 447 g/mol. The van der Waals surface area contributed by atoms with E-state index in [1.807, 2.05) is 6.07 Å². The summed E-state index contributed by atoms with van der Waals surface area (Å²) < 4.78 is 31.8. The summed E-state index contributed by atoms with van der Waals surface area (Å²) in [6.45, 7) is 0. The molecule has 2 N–H and O–H groups in total. The van der Waals surface area contributed by atoms with Crippen LogP contribution in [0.15, 0.2) is 44.3 Å². The minimum atomic E-state index is -2.94. The molecule has 0 aliphatic heterocycles. The quantitative estimate of drug-likeness (QED) is 0.565. The maximum absolute atomic E-state index is 12.5. The predicted octanol–water partition coefficient (Wildman–Crippen LogP) is 5.10. The van der Waals surface area contributed by atoms with Crippen LogP contribution in [-0.2, 0) is 9.73 Å². The van der Waals surface area contributed by atoms with Gasteiger partial charge >= 0.3 is 0 Å². The van der Waals surface area contributed by atoms with Gasteiger partial charge in [0.2, 0.25) is 0 Å². The highest BCUT2D eigenvalue weighted by atomic mass is 35.5. The van der Waals surface area contributed by atoms with Gasteiger partial charge in [-0.3, -0.25) is 4.79 Å². The number of carbonyl (C=O) groups is 1. The number of nitrogens with zero attached hydrogens (tertiary/aromatic N) is 1. The Bertz CT molecular complexity index is 1200. The molecule has 0 radical (unpaired) electrons. The zero-order valence-electron chi connectivity index (χ0n) is 16.2. The third kappa shape index (κ3) is 3.74. The second-order valence-electron chi connectivity index (χ2n) is 8.10. The molecule has 2 aromatic heterocycles. The van der Waals surface area contributed by atoms with E-state index in [9.17, 15) is 9.00 Å². The fourth-order valence-electron chi connectivity index (χ4n) is 4.00. The number of fused-ring (bicyclic) bond motifs is 1. The van der Waals surface area contributed by atoms with Crippen LogP contribution in [0.4, 0.5) is 0 Å². The van der Waals surface area contributed by atoms with Gasteiger partial charge in [0.15, 0.2) is 22.3 Å². The van der Waals surface area contributed by atoms with E-state index >= 15 is 0 Å². The molecule has 2 heterocycles. The van der Waals surface area contributed by atoms with Crippen molar-refractivity contribution in [2.45, 2.75) is 60.8 Å². The number of hydrogen-bond donors (Lipinski definition) is 2. The lowest BCUT2D eigenvalue weighted by molar-refractivity contribution is 0.0891. The molecule has 0 unspecified atom stereocenters. The van der Waals surface area contributed by atoms with Crippen molar-refractivity contribution in [1.29, 1.82) is 4.78 Å². The molecule has 9 heteroatoms. The Morgan fingerprint density at radius 2 is 1.87 bits per heavy atom. The SMILES string of the molecule is N=[S@@](=O)(c1ccc(C(=O)NC2CCC(c3nc4cc(Cl)ccc4o3)CC2)o1)C1CC1. The van der Waals surface area contributed by atoms with E-state index < -0.39 is 9.73 Å². The molecule has 3 aromatic rings. The fraction of sp³-hybridized carbons (Fsp3) is 0.429. The van der Waals surface area contributed by atoms with Gasteiger partial charge in [0, 0.05) is 17.0 Å². The van der Waals surface area contributed by atoms with Crippen molar-refractivity contribution in [1.82, 2.24) is 10.3 Å². The van der Waals surface area contributed by atoms with Crippen molar-refractivity contribution in [2.75, 3.05) is 0 Å². The summed E-state index contributed by atoms with van der Waals surface area (Å²) in [7, 11) is -2.94. The molecule has 1 amide bonds. The minimum absolute atomic E-state index is 0.0323. The third-order valence-electron chi connectivity index (χ3n) is 5.88. The van der Waals surface area contributed by atoms with Gasteiger partial charge in [-0.1, -0.05) is 11.6 Å².